The van der Waals surface area contributed by atoms with E-state index in [1.54, 1.807) is 0 Å². The Balaban J connectivity index is 3.18. The summed E-state index contributed by atoms with van der Waals surface area (Å²) in [5.74, 6) is -0.965. The molecule has 0 aliphatic heterocycles. The van der Waals surface area contributed by atoms with Crippen LogP contribution in [-0.2, 0) is 4.79 Å². The zero-order valence-corrected chi connectivity index (χ0v) is 8.80. The molecule has 0 amide bonds. The van der Waals surface area contributed by atoms with Crippen LogP contribution in [0.15, 0.2) is 18.2 Å². The van der Waals surface area contributed by atoms with Gasteiger partial charge in [-0.25, -0.2) is 0 Å². The van der Waals surface area contributed by atoms with Crippen molar-refractivity contribution >= 4 is 12.0 Å². The van der Waals surface area contributed by atoms with Gasteiger partial charge in [-0.15, -0.1) is 0 Å². The fourth-order valence-electron chi connectivity index (χ4n) is 1.22. The van der Waals surface area contributed by atoms with Crippen LogP contribution in [0.2, 0.25) is 0 Å². The number of aldehydes is 1. The monoisotopic (exact) mass is 245 g/mol. The smallest absolute Gasteiger partial charge is 0.387 e. The Hall–Kier alpha value is -2.05. The number of nitrogens with zero attached hydrogens (tertiary/aromatic N) is 1. The summed E-state index contributed by atoms with van der Waals surface area (Å²) in [6.45, 7) is -1.57. The highest BCUT2D eigenvalue weighted by Crippen LogP contribution is 2.27. The van der Waals surface area contributed by atoms with Crippen LogP contribution in [0.4, 0.5) is 14.5 Å². The first kappa shape index (κ1) is 13.0. The zero-order valence-electron chi connectivity index (χ0n) is 8.80. The summed E-state index contributed by atoms with van der Waals surface area (Å²) in [7, 11) is 0. The molecule has 0 radical (unpaired) electrons. The van der Waals surface area contributed by atoms with Gasteiger partial charge in [0.05, 0.1) is 11.0 Å². The van der Waals surface area contributed by atoms with Gasteiger partial charge in [0, 0.05) is 12.0 Å². The van der Waals surface area contributed by atoms with Gasteiger partial charge in [0.1, 0.15) is 12.0 Å². The maximum absolute atomic E-state index is 12.0. The lowest BCUT2D eigenvalue weighted by Gasteiger charge is -2.08. The summed E-state index contributed by atoms with van der Waals surface area (Å²) >= 11 is 0. The highest BCUT2D eigenvalue weighted by Gasteiger charge is 2.16. The first-order valence-electron chi connectivity index (χ1n) is 4.63. The van der Waals surface area contributed by atoms with Gasteiger partial charge in [0.25, 0.3) is 5.69 Å². The van der Waals surface area contributed by atoms with Crippen molar-refractivity contribution in [2.75, 3.05) is 0 Å². The Morgan fingerprint density at radius 1 is 1.41 bits per heavy atom. The van der Waals surface area contributed by atoms with Gasteiger partial charge in [0.15, 0.2) is 0 Å². The highest BCUT2D eigenvalue weighted by atomic mass is 19.3. The molecule has 0 saturated heterocycles. The SMILES string of the molecule is CC(C=O)c1cc(OC(F)F)cc([N+](=O)[O-])c1. The quantitative estimate of drug-likeness (QED) is 0.454. The molecule has 0 aromatic heterocycles. The first-order chi connectivity index (χ1) is 7.93. The van der Waals surface area contributed by atoms with Gasteiger partial charge in [-0.3, -0.25) is 10.1 Å². The van der Waals surface area contributed by atoms with Crippen LogP contribution in [0, 0.1) is 10.1 Å². The van der Waals surface area contributed by atoms with E-state index < -0.39 is 23.1 Å². The number of carbonyl (C=O) groups is 1. The van der Waals surface area contributed by atoms with Crippen molar-refractivity contribution in [3.8, 4) is 5.75 Å². The second-order valence-electron chi connectivity index (χ2n) is 3.32. The molecule has 7 heteroatoms. The predicted molar refractivity (Wildman–Crippen MR) is 54.2 cm³/mol. The Kier molecular flexibility index (Phi) is 4.08. The lowest BCUT2D eigenvalue weighted by atomic mass is 10.0. The van der Waals surface area contributed by atoms with Crippen LogP contribution in [0.1, 0.15) is 18.4 Å². The van der Waals surface area contributed by atoms with Crippen molar-refractivity contribution in [1.29, 1.82) is 0 Å². The number of hydrogen-bond donors (Lipinski definition) is 0. The van der Waals surface area contributed by atoms with Gasteiger partial charge >= 0.3 is 6.61 Å². The maximum atomic E-state index is 12.0. The summed E-state index contributed by atoms with van der Waals surface area (Å²) in [4.78, 5) is 20.4. The number of ether oxygens (including phenoxy) is 1. The molecule has 1 atom stereocenters. The number of nitro benzene ring substituents is 1. The van der Waals surface area contributed by atoms with Crippen LogP contribution in [0.5, 0.6) is 5.75 Å². The minimum Gasteiger partial charge on any atom is -0.435 e. The Morgan fingerprint density at radius 2 is 2.06 bits per heavy atom. The highest BCUT2D eigenvalue weighted by molar-refractivity contribution is 5.63. The van der Waals surface area contributed by atoms with Crippen LogP contribution >= 0.6 is 0 Å². The summed E-state index contributed by atoms with van der Waals surface area (Å²) in [6, 6.07) is 3.21. The number of nitro groups is 1. The van der Waals surface area contributed by atoms with Crippen molar-refractivity contribution in [2.24, 2.45) is 0 Å². The van der Waals surface area contributed by atoms with Crippen molar-refractivity contribution < 1.29 is 23.2 Å². The van der Waals surface area contributed by atoms with Crippen molar-refractivity contribution in [2.45, 2.75) is 19.5 Å². The largest absolute Gasteiger partial charge is 0.435 e. The molecule has 0 saturated carbocycles. The second-order valence-corrected chi connectivity index (χ2v) is 3.32. The molecule has 1 unspecified atom stereocenters. The normalized spacial score (nSPS) is 12.2. The van der Waals surface area contributed by atoms with Gasteiger partial charge in [-0.2, -0.15) is 8.78 Å². The Morgan fingerprint density at radius 3 is 2.53 bits per heavy atom. The number of benzene rings is 1. The van der Waals surface area contributed by atoms with E-state index in [2.05, 4.69) is 4.74 Å². The van der Waals surface area contributed by atoms with Crippen LogP contribution in [-0.4, -0.2) is 17.8 Å². The van der Waals surface area contributed by atoms with Crippen molar-refractivity contribution in [3.63, 3.8) is 0 Å². The molecule has 0 heterocycles. The summed E-state index contributed by atoms with van der Waals surface area (Å²) < 4.78 is 28.1. The number of non-ortho nitro benzene ring substituents is 1. The first-order valence-corrected chi connectivity index (χ1v) is 4.63. The number of alkyl halides is 2. The number of carbonyl (C=O) groups excluding carboxylic acids is 1. The summed E-state index contributed by atoms with van der Waals surface area (Å²) in [6.07, 6.45) is 0.561. The van der Waals surface area contributed by atoms with E-state index in [9.17, 15) is 23.7 Å². The maximum Gasteiger partial charge on any atom is 0.387 e. The molecule has 1 aromatic carbocycles. The van der Waals surface area contributed by atoms with E-state index in [0.29, 0.717) is 6.29 Å². The summed E-state index contributed by atoms with van der Waals surface area (Å²) in [5, 5.41) is 10.6. The fraction of sp³-hybridized carbons (Fsp3) is 0.300. The van der Waals surface area contributed by atoms with E-state index in [1.165, 1.54) is 13.0 Å². The third-order valence-electron chi connectivity index (χ3n) is 2.08. The molecule has 0 aliphatic rings. The van der Waals surface area contributed by atoms with E-state index in [-0.39, 0.29) is 11.3 Å². The molecule has 0 N–H and O–H groups in total. The average molecular weight is 245 g/mol. The molecule has 1 rings (SSSR count). The molecule has 5 nitrogen and oxygen atoms in total. The number of halogens is 2. The molecule has 0 fully saturated rings. The standard InChI is InChI=1S/C10H9F2NO4/c1-6(5-14)7-2-8(13(15)16)4-9(3-7)17-10(11)12/h2-6,10H,1H3. The molecular weight excluding hydrogens is 236 g/mol. The minimum absolute atomic E-state index is 0.254. The molecule has 0 bridgehead atoms. The Bertz CT molecular complexity index is 436. The van der Waals surface area contributed by atoms with E-state index >= 15 is 0 Å². The molecule has 1 aromatic rings. The lowest BCUT2D eigenvalue weighted by molar-refractivity contribution is -0.385. The van der Waals surface area contributed by atoms with Crippen LogP contribution in [0.25, 0.3) is 0 Å². The molecule has 0 aliphatic carbocycles. The summed E-state index contributed by atoms with van der Waals surface area (Å²) in [5.41, 5.74) is -0.142. The van der Waals surface area contributed by atoms with Gasteiger partial charge in [-0.1, -0.05) is 6.92 Å². The zero-order chi connectivity index (χ0) is 13.0. The number of rotatable bonds is 5. The molecular formula is C10H9F2NO4. The third-order valence-corrected chi connectivity index (χ3v) is 2.08. The van der Waals surface area contributed by atoms with Gasteiger partial charge in [0.2, 0.25) is 0 Å². The fourth-order valence-corrected chi connectivity index (χ4v) is 1.22. The Labute approximate surface area is 95.2 Å². The molecule has 17 heavy (non-hydrogen) atoms. The predicted octanol–water partition coefficient (Wildman–Crippen LogP) is 2.50. The average Bonchev–Trinajstić information content (AvgIpc) is 2.26. The number of hydrogen-bond acceptors (Lipinski definition) is 4. The van der Waals surface area contributed by atoms with Gasteiger partial charge in [-0.05, 0) is 11.6 Å². The molecule has 0 spiro atoms. The van der Waals surface area contributed by atoms with Crippen molar-refractivity contribution in [1.82, 2.24) is 0 Å². The van der Waals surface area contributed by atoms with Crippen LogP contribution in [0.3, 0.4) is 0 Å². The van der Waals surface area contributed by atoms with Crippen LogP contribution < -0.4 is 4.74 Å². The third kappa shape index (κ3) is 3.47. The topological polar surface area (TPSA) is 69.4 Å². The van der Waals surface area contributed by atoms with Gasteiger partial charge < -0.3 is 9.53 Å². The van der Waals surface area contributed by atoms with E-state index in [1.807, 2.05) is 0 Å². The molecule has 92 valence electrons. The van der Waals surface area contributed by atoms with E-state index in [4.69, 9.17) is 0 Å². The lowest BCUT2D eigenvalue weighted by Crippen LogP contribution is -2.04. The van der Waals surface area contributed by atoms with E-state index in [0.717, 1.165) is 12.1 Å². The second kappa shape index (κ2) is 5.33. The minimum atomic E-state index is -3.07. The van der Waals surface area contributed by atoms with Crippen molar-refractivity contribution in [3.05, 3.63) is 33.9 Å².